The molecule has 1 aliphatic carbocycles. The minimum absolute atomic E-state index is 0.267. The number of hydrogen-bond acceptors (Lipinski definition) is 2. The zero-order valence-electron chi connectivity index (χ0n) is 7.07. The molecule has 1 aliphatic rings. The molecule has 3 heteroatoms. The predicted molar refractivity (Wildman–Crippen MR) is 46.4 cm³/mol. The van der Waals surface area contributed by atoms with Gasteiger partial charge in [-0.25, -0.2) is 4.98 Å². The van der Waals surface area contributed by atoms with Crippen molar-refractivity contribution in [3.8, 4) is 0 Å². The summed E-state index contributed by atoms with van der Waals surface area (Å²) in [6.07, 6.45) is 7.09. The topological polar surface area (TPSA) is 38.0 Å². The summed E-state index contributed by atoms with van der Waals surface area (Å²) in [4.78, 5) is 4.22. The lowest BCUT2D eigenvalue weighted by Crippen LogP contribution is -1.94. The molecule has 2 rings (SSSR count). The number of aromatic nitrogens is 2. The second kappa shape index (κ2) is 2.75. The Labute approximate surface area is 71.4 Å². The van der Waals surface area contributed by atoms with Gasteiger partial charge in [-0.15, -0.1) is 0 Å². The highest BCUT2D eigenvalue weighted by Crippen LogP contribution is 2.26. The Balaban J connectivity index is 2.32. The number of hydrogen-bond donors (Lipinski definition) is 1. The molecule has 1 N–H and O–H groups in total. The maximum absolute atomic E-state index is 9.28. The third-order valence-corrected chi connectivity index (χ3v) is 2.21. The quantitative estimate of drug-likeness (QED) is 0.671. The number of aliphatic hydroxyl groups excluding tert-OH is 1. The van der Waals surface area contributed by atoms with Crippen molar-refractivity contribution in [1.29, 1.82) is 0 Å². The summed E-state index contributed by atoms with van der Waals surface area (Å²) in [7, 11) is 1.97. The highest BCUT2D eigenvalue weighted by Gasteiger charge is 2.16. The molecule has 3 nitrogen and oxygen atoms in total. The molecule has 0 saturated heterocycles. The van der Waals surface area contributed by atoms with Crippen molar-refractivity contribution in [1.82, 2.24) is 9.55 Å². The summed E-state index contributed by atoms with van der Waals surface area (Å²) in [6.45, 7) is 0. The van der Waals surface area contributed by atoms with Gasteiger partial charge in [0.05, 0.1) is 6.10 Å². The van der Waals surface area contributed by atoms with Gasteiger partial charge < -0.3 is 9.67 Å². The van der Waals surface area contributed by atoms with Crippen LogP contribution in [0, 0.1) is 0 Å². The number of rotatable bonds is 1. The van der Waals surface area contributed by atoms with E-state index in [1.54, 1.807) is 6.20 Å². The van der Waals surface area contributed by atoms with Crippen LogP contribution in [0.1, 0.15) is 18.7 Å². The SMILES string of the molecule is Cn1ccnc1C1=CC(O)CC1. The number of imidazole rings is 1. The zero-order chi connectivity index (χ0) is 8.55. The van der Waals surface area contributed by atoms with Crippen LogP contribution in [0.2, 0.25) is 0 Å². The van der Waals surface area contributed by atoms with Gasteiger partial charge in [-0.2, -0.15) is 0 Å². The van der Waals surface area contributed by atoms with E-state index in [0.717, 1.165) is 24.2 Å². The highest BCUT2D eigenvalue weighted by molar-refractivity contribution is 5.62. The molecule has 1 aromatic rings. The van der Waals surface area contributed by atoms with Gasteiger partial charge in [0.1, 0.15) is 5.82 Å². The minimum Gasteiger partial charge on any atom is -0.389 e. The molecular weight excluding hydrogens is 152 g/mol. The Hall–Kier alpha value is -1.09. The summed E-state index contributed by atoms with van der Waals surface area (Å²) in [5.41, 5.74) is 1.16. The second-order valence-electron chi connectivity index (χ2n) is 3.16. The largest absolute Gasteiger partial charge is 0.389 e. The van der Waals surface area contributed by atoms with E-state index in [9.17, 15) is 5.11 Å². The molecule has 0 saturated carbocycles. The van der Waals surface area contributed by atoms with Gasteiger partial charge in [-0.1, -0.05) is 0 Å². The van der Waals surface area contributed by atoms with Gasteiger partial charge >= 0.3 is 0 Å². The van der Waals surface area contributed by atoms with Gasteiger partial charge in [-0.05, 0) is 24.5 Å². The Morgan fingerprint density at radius 3 is 3.00 bits per heavy atom. The Kier molecular flexibility index (Phi) is 1.73. The molecule has 0 radical (unpaired) electrons. The first-order chi connectivity index (χ1) is 5.77. The lowest BCUT2D eigenvalue weighted by atomic mass is 10.2. The molecule has 0 spiro atoms. The average molecular weight is 164 g/mol. The van der Waals surface area contributed by atoms with Crippen LogP contribution in [0.3, 0.4) is 0 Å². The maximum atomic E-state index is 9.28. The van der Waals surface area contributed by atoms with Crippen LogP contribution in [-0.2, 0) is 7.05 Å². The standard InChI is InChI=1S/C9H12N2O/c1-11-5-4-10-9(11)7-2-3-8(12)6-7/h4-6,8,12H,2-3H2,1H3. The van der Waals surface area contributed by atoms with Crippen LogP contribution in [0.25, 0.3) is 5.57 Å². The van der Waals surface area contributed by atoms with Crippen molar-refractivity contribution < 1.29 is 5.11 Å². The smallest absolute Gasteiger partial charge is 0.135 e. The molecule has 1 aromatic heterocycles. The fraction of sp³-hybridized carbons (Fsp3) is 0.444. The van der Waals surface area contributed by atoms with Crippen molar-refractivity contribution in [2.24, 2.45) is 7.05 Å². The first-order valence-electron chi connectivity index (χ1n) is 4.14. The molecule has 1 atom stereocenters. The van der Waals surface area contributed by atoms with E-state index >= 15 is 0 Å². The Morgan fingerprint density at radius 2 is 2.50 bits per heavy atom. The minimum atomic E-state index is -0.267. The lowest BCUT2D eigenvalue weighted by Gasteiger charge is -2.00. The molecule has 0 aliphatic heterocycles. The van der Waals surface area contributed by atoms with Gasteiger partial charge in [-0.3, -0.25) is 0 Å². The van der Waals surface area contributed by atoms with Gasteiger partial charge in [0.15, 0.2) is 0 Å². The summed E-state index contributed by atoms with van der Waals surface area (Å²) in [6, 6.07) is 0. The van der Waals surface area contributed by atoms with Crippen LogP contribution in [0.4, 0.5) is 0 Å². The van der Waals surface area contributed by atoms with Crippen LogP contribution in [0.5, 0.6) is 0 Å². The first-order valence-corrected chi connectivity index (χ1v) is 4.14. The maximum Gasteiger partial charge on any atom is 0.135 e. The third kappa shape index (κ3) is 1.16. The average Bonchev–Trinajstić information content (AvgIpc) is 2.58. The lowest BCUT2D eigenvalue weighted by molar-refractivity contribution is 0.223. The molecular formula is C9H12N2O. The molecule has 0 amide bonds. The normalized spacial score (nSPS) is 22.8. The fourth-order valence-corrected chi connectivity index (χ4v) is 1.56. The second-order valence-corrected chi connectivity index (χ2v) is 3.16. The molecule has 12 heavy (non-hydrogen) atoms. The monoisotopic (exact) mass is 164 g/mol. The van der Waals surface area contributed by atoms with Gasteiger partial charge in [0.25, 0.3) is 0 Å². The van der Waals surface area contributed by atoms with E-state index in [4.69, 9.17) is 0 Å². The first kappa shape index (κ1) is 7.55. The molecule has 0 fully saturated rings. The van der Waals surface area contributed by atoms with Crippen LogP contribution < -0.4 is 0 Å². The molecule has 0 aromatic carbocycles. The Morgan fingerprint density at radius 1 is 1.67 bits per heavy atom. The van der Waals surface area contributed by atoms with E-state index in [-0.39, 0.29) is 6.10 Å². The summed E-state index contributed by atoms with van der Waals surface area (Å²) in [5, 5.41) is 9.28. The van der Waals surface area contributed by atoms with E-state index in [1.165, 1.54) is 0 Å². The van der Waals surface area contributed by atoms with Crippen molar-refractivity contribution >= 4 is 5.57 Å². The summed E-state index contributed by atoms with van der Waals surface area (Å²) < 4.78 is 1.98. The fourth-order valence-electron chi connectivity index (χ4n) is 1.56. The van der Waals surface area contributed by atoms with Crippen molar-refractivity contribution in [2.75, 3.05) is 0 Å². The van der Waals surface area contributed by atoms with E-state index < -0.39 is 0 Å². The third-order valence-electron chi connectivity index (χ3n) is 2.21. The molecule has 64 valence electrons. The summed E-state index contributed by atoms with van der Waals surface area (Å²) in [5.74, 6) is 0.978. The van der Waals surface area contributed by atoms with E-state index in [2.05, 4.69) is 4.98 Å². The van der Waals surface area contributed by atoms with Crippen molar-refractivity contribution in [3.63, 3.8) is 0 Å². The molecule has 1 heterocycles. The Bertz CT molecular complexity index is 314. The molecule has 1 unspecified atom stereocenters. The van der Waals surface area contributed by atoms with Crippen LogP contribution >= 0.6 is 0 Å². The highest BCUT2D eigenvalue weighted by atomic mass is 16.3. The van der Waals surface area contributed by atoms with Crippen molar-refractivity contribution in [3.05, 3.63) is 24.3 Å². The number of aryl methyl sites for hydroxylation is 1. The van der Waals surface area contributed by atoms with Gasteiger partial charge in [0, 0.05) is 19.4 Å². The number of aliphatic hydroxyl groups is 1. The number of allylic oxidation sites excluding steroid dienone is 1. The van der Waals surface area contributed by atoms with Crippen LogP contribution in [-0.4, -0.2) is 20.8 Å². The number of nitrogens with zero attached hydrogens (tertiary/aromatic N) is 2. The predicted octanol–water partition coefficient (Wildman–Crippen LogP) is 0.958. The van der Waals surface area contributed by atoms with E-state index in [0.29, 0.717) is 0 Å². The van der Waals surface area contributed by atoms with Crippen LogP contribution in [0.15, 0.2) is 18.5 Å². The molecule has 0 bridgehead atoms. The van der Waals surface area contributed by atoms with Gasteiger partial charge in [0.2, 0.25) is 0 Å². The summed E-state index contributed by atoms with van der Waals surface area (Å²) >= 11 is 0. The van der Waals surface area contributed by atoms with Crippen molar-refractivity contribution in [2.45, 2.75) is 18.9 Å². The van der Waals surface area contributed by atoms with E-state index in [1.807, 2.05) is 23.9 Å². The zero-order valence-corrected chi connectivity index (χ0v) is 7.07.